The maximum Gasteiger partial charge on any atom is 0.244 e. The van der Waals surface area contributed by atoms with E-state index in [1.807, 2.05) is 17.8 Å². The molecule has 1 saturated heterocycles. The highest BCUT2D eigenvalue weighted by Crippen LogP contribution is 2.32. The zero-order valence-electron chi connectivity index (χ0n) is 11.9. The van der Waals surface area contributed by atoms with Crippen molar-refractivity contribution in [3.05, 3.63) is 18.2 Å². The fourth-order valence-electron chi connectivity index (χ4n) is 2.22. The summed E-state index contributed by atoms with van der Waals surface area (Å²) >= 11 is 1.93. The highest BCUT2D eigenvalue weighted by Gasteiger charge is 2.23. The fourth-order valence-corrected chi connectivity index (χ4v) is 4.13. The third-order valence-electron chi connectivity index (χ3n) is 3.36. The average molecular weight is 315 g/mol. The normalized spacial score (nSPS) is 17.2. The Balaban J connectivity index is 2.41. The molecule has 0 radical (unpaired) electrons. The second kappa shape index (κ2) is 6.24. The van der Waals surface area contributed by atoms with Crippen LogP contribution in [0.3, 0.4) is 0 Å². The number of anilines is 2. The first-order chi connectivity index (χ1) is 9.44. The lowest BCUT2D eigenvalue weighted by Crippen LogP contribution is -2.28. The number of nitrogens with two attached hydrogens (primary N) is 1. The van der Waals surface area contributed by atoms with Gasteiger partial charge in [0.2, 0.25) is 10.0 Å². The average Bonchev–Trinajstić information content (AvgIpc) is 2.67. The maximum atomic E-state index is 12.3. The van der Waals surface area contributed by atoms with Crippen LogP contribution in [0.2, 0.25) is 0 Å². The molecule has 1 aliphatic rings. The van der Waals surface area contributed by atoms with Gasteiger partial charge in [-0.3, -0.25) is 0 Å². The van der Waals surface area contributed by atoms with Gasteiger partial charge in [-0.05, 0) is 24.3 Å². The Morgan fingerprint density at radius 1 is 1.25 bits per heavy atom. The van der Waals surface area contributed by atoms with Crippen molar-refractivity contribution in [3.8, 4) is 0 Å². The smallest absolute Gasteiger partial charge is 0.244 e. The lowest BCUT2D eigenvalue weighted by Gasteiger charge is -2.25. The monoisotopic (exact) mass is 315 g/mol. The molecule has 0 unspecified atom stereocenters. The molecule has 1 heterocycles. The van der Waals surface area contributed by atoms with Crippen LogP contribution >= 0.6 is 11.8 Å². The van der Waals surface area contributed by atoms with E-state index in [1.165, 1.54) is 18.4 Å². The van der Waals surface area contributed by atoms with Crippen molar-refractivity contribution in [2.24, 2.45) is 0 Å². The third-order valence-corrected chi connectivity index (χ3v) is 6.29. The minimum absolute atomic E-state index is 0.192. The summed E-state index contributed by atoms with van der Waals surface area (Å²) in [6.45, 7) is 1.82. The van der Waals surface area contributed by atoms with Gasteiger partial charge in [0.15, 0.2) is 0 Å². The Bertz CT molecular complexity index is 565. The first kappa shape index (κ1) is 15.5. The molecule has 0 spiro atoms. The molecular formula is C13H21N3O2S2. The molecule has 0 saturated carbocycles. The SMILES string of the molecule is CN(C)S(=O)(=O)c1cccc(N2CCCSCC2)c1N. The molecule has 0 aromatic heterocycles. The van der Waals surface area contributed by atoms with Gasteiger partial charge in [0.25, 0.3) is 0 Å². The van der Waals surface area contributed by atoms with Gasteiger partial charge in [0.05, 0.1) is 11.4 Å². The van der Waals surface area contributed by atoms with Crippen molar-refractivity contribution in [3.63, 3.8) is 0 Å². The molecule has 1 aromatic carbocycles. The van der Waals surface area contributed by atoms with Crippen LogP contribution in [0, 0.1) is 0 Å². The van der Waals surface area contributed by atoms with Gasteiger partial charge >= 0.3 is 0 Å². The van der Waals surface area contributed by atoms with Gasteiger partial charge in [-0.1, -0.05) is 6.07 Å². The number of para-hydroxylation sites is 1. The van der Waals surface area contributed by atoms with Gasteiger partial charge in [0, 0.05) is 32.9 Å². The van der Waals surface area contributed by atoms with Crippen LogP contribution in [0.25, 0.3) is 0 Å². The molecule has 0 amide bonds. The summed E-state index contributed by atoms with van der Waals surface area (Å²) in [5.74, 6) is 2.19. The van der Waals surface area contributed by atoms with Gasteiger partial charge < -0.3 is 10.6 Å². The molecule has 2 N–H and O–H groups in total. The summed E-state index contributed by atoms with van der Waals surface area (Å²) in [6.07, 6.45) is 1.09. The van der Waals surface area contributed by atoms with Crippen molar-refractivity contribution >= 4 is 33.2 Å². The Morgan fingerprint density at radius 2 is 2.00 bits per heavy atom. The first-order valence-electron chi connectivity index (χ1n) is 6.58. The first-order valence-corrected chi connectivity index (χ1v) is 9.18. The Hall–Kier alpha value is -0.920. The zero-order chi connectivity index (χ0) is 14.8. The van der Waals surface area contributed by atoms with Crippen LogP contribution in [-0.2, 0) is 10.0 Å². The lowest BCUT2D eigenvalue weighted by atomic mass is 10.2. The summed E-state index contributed by atoms with van der Waals surface area (Å²) < 4.78 is 25.8. The lowest BCUT2D eigenvalue weighted by molar-refractivity contribution is 0.521. The summed E-state index contributed by atoms with van der Waals surface area (Å²) in [5.41, 5.74) is 7.32. The van der Waals surface area contributed by atoms with E-state index in [0.29, 0.717) is 5.69 Å². The Kier molecular flexibility index (Phi) is 4.82. The molecule has 7 heteroatoms. The van der Waals surface area contributed by atoms with E-state index in [9.17, 15) is 8.42 Å². The molecule has 2 rings (SSSR count). The van der Waals surface area contributed by atoms with E-state index in [1.54, 1.807) is 12.1 Å². The number of thioether (sulfide) groups is 1. The summed E-state index contributed by atoms with van der Waals surface area (Å²) in [7, 11) is -0.466. The second-order valence-corrected chi connectivity index (χ2v) is 8.27. The summed E-state index contributed by atoms with van der Waals surface area (Å²) in [4.78, 5) is 2.38. The zero-order valence-corrected chi connectivity index (χ0v) is 13.5. The fraction of sp³-hybridized carbons (Fsp3) is 0.538. The van der Waals surface area contributed by atoms with E-state index in [4.69, 9.17) is 5.73 Å². The Morgan fingerprint density at radius 3 is 2.70 bits per heavy atom. The topological polar surface area (TPSA) is 66.6 Å². The predicted octanol–water partition coefficient (Wildman–Crippen LogP) is 1.46. The standard InChI is InChI=1S/C13H21N3O2S2/c1-15(2)20(17,18)12-6-3-5-11(13(12)14)16-7-4-9-19-10-8-16/h3,5-6H,4,7-10,14H2,1-2H3. The van der Waals surface area contributed by atoms with E-state index in [0.717, 1.165) is 36.7 Å². The maximum absolute atomic E-state index is 12.3. The van der Waals surface area contributed by atoms with E-state index in [2.05, 4.69) is 4.90 Å². The van der Waals surface area contributed by atoms with Gasteiger partial charge in [-0.2, -0.15) is 11.8 Å². The van der Waals surface area contributed by atoms with E-state index in [-0.39, 0.29) is 4.90 Å². The molecule has 20 heavy (non-hydrogen) atoms. The highest BCUT2D eigenvalue weighted by atomic mass is 32.2. The summed E-state index contributed by atoms with van der Waals surface area (Å²) in [5, 5.41) is 0. The predicted molar refractivity (Wildman–Crippen MR) is 85.9 cm³/mol. The van der Waals surface area contributed by atoms with Crippen molar-refractivity contribution in [1.29, 1.82) is 0 Å². The molecule has 5 nitrogen and oxygen atoms in total. The Labute approximate surface area is 125 Å². The minimum atomic E-state index is -3.50. The third kappa shape index (κ3) is 3.05. The van der Waals surface area contributed by atoms with Crippen molar-refractivity contribution < 1.29 is 8.42 Å². The van der Waals surface area contributed by atoms with Crippen LogP contribution < -0.4 is 10.6 Å². The quantitative estimate of drug-likeness (QED) is 0.856. The van der Waals surface area contributed by atoms with Crippen molar-refractivity contribution in [2.45, 2.75) is 11.3 Å². The number of benzene rings is 1. The molecule has 1 fully saturated rings. The van der Waals surface area contributed by atoms with Crippen LogP contribution in [-0.4, -0.2) is 51.4 Å². The molecule has 0 bridgehead atoms. The van der Waals surface area contributed by atoms with Crippen LogP contribution in [0.15, 0.2) is 23.1 Å². The number of rotatable bonds is 3. The van der Waals surface area contributed by atoms with Crippen molar-refractivity contribution in [1.82, 2.24) is 4.31 Å². The van der Waals surface area contributed by atoms with Gasteiger partial charge in [-0.15, -0.1) is 0 Å². The molecule has 0 atom stereocenters. The second-order valence-electron chi connectivity index (χ2n) is 4.93. The van der Waals surface area contributed by atoms with Crippen LogP contribution in [0.1, 0.15) is 6.42 Å². The number of nitrogen functional groups attached to an aromatic ring is 1. The molecule has 1 aliphatic heterocycles. The largest absolute Gasteiger partial charge is 0.396 e. The minimum Gasteiger partial charge on any atom is -0.396 e. The number of nitrogens with zero attached hydrogens (tertiary/aromatic N) is 2. The van der Waals surface area contributed by atoms with Gasteiger partial charge in [-0.25, -0.2) is 12.7 Å². The molecular weight excluding hydrogens is 294 g/mol. The number of hydrogen-bond donors (Lipinski definition) is 1. The molecule has 112 valence electrons. The molecule has 0 aliphatic carbocycles. The van der Waals surface area contributed by atoms with Crippen LogP contribution in [0.4, 0.5) is 11.4 Å². The van der Waals surface area contributed by atoms with Crippen molar-refractivity contribution in [2.75, 3.05) is 49.3 Å². The highest BCUT2D eigenvalue weighted by molar-refractivity contribution is 7.99. The molecule has 1 aromatic rings. The summed E-state index contributed by atoms with van der Waals surface area (Å²) in [6, 6.07) is 5.24. The van der Waals surface area contributed by atoms with E-state index >= 15 is 0 Å². The number of hydrogen-bond acceptors (Lipinski definition) is 5. The van der Waals surface area contributed by atoms with Gasteiger partial charge in [0.1, 0.15) is 4.90 Å². The van der Waals surface area contributed by atoms with Crippen LogP contribution in [0.5, 0.6) is 0 Å². The number of sulfonamides is 1. The van der Waals surface area contributed by atoms with E-state index < -0.39 is 10.0 Å².